The lowest BCUT2D eigenvalue weighted by Gasteiger charge is -2.11. The van der Waals surface area contributed by atoms with E-state index in [4.69, 9.17) is 11.6 Å². The molecule has 2 aromatic carbocycles. The molecule has 3 nitrogen and oxygen atoms in total. The Bertz CT molecular complexity index is 646. The van der Waals surface area contributed by atoms with Gasteiger partial charge in [-0.1, -0.05) is 35.9 Å². The van der Waals surface area contributed by atoms with Crippen molar-refractivity contribution < 1.29 is 4.79 Å². The Morgan fingerprint density at radius 3 is 2.71 bits per heavy atom. The van der Waals surface area contributed by atoms with Gasteiger partial charge < -0.3 is 10.6 Å². The van der Waals surface area contributed by atoms with Crippen molar-refractivity contribution >= 4 is 39.1 Å². The van der Waals surface area contributed by atoms with Gasteiger partial charge in [-0.3, -0.25) is 4.79 Å². The molecule has 0 unspecified atom stereocenters. The van der Waals surface area contributed by atoms with Crippen LogP contribution in [0.2, 0.25) is 5.02 Å². The van der Waals surface area contributed by atoms with Crippen LogP contribution in [-0.4, -0.2) is 19.5 Å². The van der Waals surface area contributed by atoms with Crippen molar-refractivity contribution in [3.63, 3.8) is 0 Å². The van der Waals surface area contributed by atoms with Gasteiger partial charge in [0.1, 0.15) is 0 Å². The van der Waals surface area contributed by atoms with Crippen LogP contribution in [0.1, 0.15) is 15.9 Å². The summed E-state index contributed by atoms with van der Waals surface area (Å²) < 4.78 is 0.688. The van der Waals surface area contributed by atoms with E-state index in [9.17, 15) is 4.79 Å². The quantitative estimate of drug-likeness (QED) is 0.835. The summed E-state index contributed by atoms with van der Waals surface area (Å²) in [5.41, 5.74) is 2.36. The standard InChI is InChI=1S/C16H16BrClN2O/c1-19-10-9-11-5-2-3-6-12(11)16(21)20-14-8-4-7-13(18)15(14)17/h2-8,19H,9-10H2,1H3,(H,20,21). The van der Waals surface area contributed by atoms with Gasteiger partial charge in [-0.2, -0.15) is 0 Å². The average molecular weight is 368 g/mol. The van der Waals surface area contributed by atoms with Crippen LogP contribution in [0, 0.1) is 0 Å². The smallest absolute Gasteiger partial charge is 0.255 e. The Kier molecular flexibility index (Phi) is 5.79. The predicted octanol–water partition coefficient (Wildman–Crippen LogP) is 4.12. The highest BCUT2D eigenvalue weighted by molar-refractivity contribution is 9.10. The fourth-order valence-corrected chi connectivity index (χ4v) is 2.55. The second kappa shape index (κ2) is 7.59. The number of rotatable bonds is 5. The molecule has 110 valence electrons. The largest absolute Gasteiger partial charge is 0.321 e. The summed E-state index contributed by atoms with van der Waals surface area (Å²) >= 11 is 9.42. The van der Waals surface area contributed by atoms with E-state index in [1.54, 1.807) is 12.1 Å². The maximum absolute atomic E-state index is 12.5. The van der Waals surface area contributed by atoms with E-state index in [-0.39, 0.29) is 5.91 Å². The number of hydrogen-bond donors (Lipinski definition) is 2. The van der Waals surface area contributed by atoms with Gasteiger partial charge in [0.25, 0.3) is 5.91 Å². The second-order valence-electron chi connectivity index (χ2n) is 4.57. The normalized spacial score (nSPS) is 10.4. The van der Waals surface area contributed by atoms with E-state index < -0.39 is 0 Å². The van der Waals surface area contributed by atoms with Gasteiger partial charge in [-0.15, -0.1) is 0 Å². The van der Waals surface area contributed by atoms with E-state index >= 15 is 0 Å². The molecule has 0 bridgehead atoms. The molecule has 1 amide bonds. The number of halogens is 2. The number of anilines is 1. The number of benzene rings is 2. The van der Waals surface area contributed by atoms with Crippen LogP contribution in [-0.2, 0) is 6.42 Å². The number of carbonyl (C=O) groups excluding carboxylic acids is 1. The molecule has 0 saturated heterocycles. The van der Waals surface area contributed by atoms with E-state index in [2.05, 4.69) is 26.6 Å². The molecule has 0 aliphatic heterocycles. The maximum Gasteiger partial charge on any atom is 0.255 e. The Balaban J connectivity index is 2.22. The van der Waals surface area contributed by atoms with Gasteiger partial charge >= 0.3 is 0 Å². The first-order valence-corrected chi connectivity index (χ1v) is 7.78. The van der Waals surface area contributed by atoms with Gasteiger partial charge in [-0.25, -0.2) is 0 Å². The zero-order valence-electron chi connectivity index (χ0n) is 11.6. The minimum Gasteiger partial charge on any atom is -0.321 e. The lowest BCUT2D eigenvalue weighted by atomic mass is 10.0. The summed E-state index contributed by atoms with van der Waals surface area (Å²) in [7, 11) is 1.89. The Labute approximate surface area is 137 Å². The topological polar surface area (TPSA) is 41.1 Å². The molecular weight excluding hydrogens is 352 g/mol. The molecule has 0 aromatic heterocycles. The van der Waals surface area contributed by atoms with E-state index in [1.165, 1.54) is 0 Å². The molecule has 0 spiro atoms. The highest BCUT2D eigenvalue weighted by Gasteiger charge is 2.13. The van der Waals surface area contributed by atoms with Crippen LogP contribution >= 0.6 is 27.5 Å². The monoisotopic (exact) mass is 366 g/mol. The summed E-state index contributed by atoms with van der Waals surface area (Å²) in [5.74, 6) is -0.135. The fraction of sp³-hybridized carbons (Fsp3) is 0.188. The summed E-state index contributed by atoms with van der Waals surface area (Å²) in [6.45, 7) is 0.825. The molecular formula is C16H16BrClN2O. The molecule has 2 aromatic rings. The Morgan fingerprint density at radius 1 is 1.19 bits per heavy atom. The third kappa shape index (κ3) is 4.06. The molecule has 2 rings (SSSR count). The van der Waals surface area contributed by atoms with Crippen LogP contribution < -0.4 is 10.6 Å². The van der Waals surface area contributed by atoms with Crippen molar-refractivity contribution in [1.29, 1.82) is 0 Å². The first-order chi connectivity index (χ1) is 10.1. The zero-order chi connectivity index (χ0) is 15.2. The summed E-state index contributed by atoms with van der Waals surface area (Å²) in [4.78, 5) is 12.5. The summed E-state index contributed by atoms with van der Waals surface area (Å²) in [6, 6.07) is 13.0. The maximum atomic E-state index is 12.5. The minimum absolute atomic E-state index is 0.135. The Hall–Kier alpha value is -1.36. The Morgan fingerprint density at radius 2 is 1.95 bits per heavy atom. The molecule has 0 aliphatic rings. The van der Waals surface area contributed by atoms with Crippen LogP contribution in [0.5, 0.6) is 0 Å². The number of carbonyl (C=O) groups is 1. The minimum atomic E-state index is -0.135. The number of nitrogens with one attached hydrogen (secondary N) is 2. The molecule has 0 radical (unpaired) electrons. The fourth-order valence-electron chi connectivity index (χ4n) is 2.01. The lowest BCUT2D eigenvalue weighted by Crippen LogP contribution is -2.17. The van der Waals surface area contributed by atoms with Crippen molar-refractivity contribution in [2.75, 3.05) is 18.9 Å². The summed E-state index contributed by atoms with van der Waals surface area (Å²) in [6.07, 6.45) is 0.802. The second-order valence-corrected chi connectivity index (χ2v) is 5.77. The van der Waals surface area contributed by atoms with Gasteiger partial charge in [0.2, 0.25) is 0 Å². The van der Waals surface area contributed by atoms with Crippen molar-refractivity contribution in [3.8, 4) is 0 Å². The van der Waals surface area contributed by atoms with E-state index in [0.29, 0.717) is 20.7 Å². The number of likely N-dealkylation sites (N-methyl/N-ethyl adjacent to an activating group) is 1. The number of amides is 1. The number of hydrogen-bond acceptors (Lipinski definition) is 2. The SMILES string of the molecule is CNCCc1ccccc1C(=O)Nc1cccc(Cl)c1Br. The van der Waals surface area contributed by atoms with E-state index in [1.807, 2.05) is 37.4 Å². The van der Waals surface area contributed by atoms with Crippen LogP contribution in [0.15, 0.2) is 46.9 Å². The molecule has 5 heteroatoms. The van der Waals surface area contributed by atoms with Gasteiger partial charge in [0, 0.05) is 5.56 Å². The van der Waals surface area contributed by atoms with E-state index in [0.717, 1.165) is 18.5 Å². The molecule has 0 aliphatic carbocycles. The summed E-state index contributed by atoms with van der Waals surface area (Å²) in [5, 5.41) is 6.55. The molecule has 0 saturated carbocycles. The van der Waals surface area contributed by atoms with Crippen molar-refractivity contribution in [2.45, 2.75) is 6.42 Å². The van der Waals surface area contributed by atoms with Gasteiger partial charge in [-0.05, 0) is 59.7 Å². The highest BCUT2D eigenvalue weighted by Crippen LogP contribution is 2.30. The molecule has 2 N–H and O–H groups in total. The predicted molar refractivity (Wildman–Crippen MR) is 91.2 cm³/mol. The van der Waals surface area contributed by atoms with Crippen LogP contribution in [0.3, 0.4) is 0 Å². The lowest BCUT2D eigenvalue weighted by molar-refractivity contribution is 0.102. The third-order valence-electron chi connectivity index (χ3n) is 3.11. The van der Waals surface area contributed by atoms with Crippen LogP contribution in [0.25, 0.3) is 0 Å². The molecule has 0 fully saturated rings. The third-order valence-corrected chi connectivity index (χ3v) is 4.50. The first kappa shape index (κ1) is 16.0. The average Bonchev–Trinajstić information content (AvgIpc) is 2.50. The van der Waals surface area contributed by atoms with Crippen molar-refractivity contribution in [1.82, 2.24) is 5.32 Å². The molecule has 21 heavy (non-hydrogen) atoms. The van der Waals surface area contributed by atoms with Crippen molar-refractivity contribution in [3.05, 3.63) is 63.1 Å². The van der Waals surface area contributed by atoms with Crippen LogP contribution in [0.4, 0.5) is 5.69 Å². The van der Waals surface area contributed by atoms with Crippen molar-refractivity contribution in [2.24, 2.45) is 0 Å². The first-order valence-electron chi connectivity index (χ1n) is 6.61. The zero-order valence-corrected chi connectivity index (χ0v) is 14.0. The van der Waals surface area contributed by atoms with Gasteiger partial charge in [0.05, 0.1) is 15.2 Å². The van der Waals surface area contributed by atoms with Gasteiger partial charge in [0.15, 0.2) is 0 Å². The molecule has 0 heterocycles. The molecule has 0 atom stereocenters. The highest BCUT2D eigenvalue weighted by atomic mass is 79.9.